The number of nitrogens with zero attached hydrogens (tertiary/aromatic N) is 4. The van der Waals surface area contributed by atoms with Gasteiger partial charge in [0.25, 0.3) is 0 Å². The summed E-state index contributed by atoms with van der Waals surface area (Å²) < 4.78 is 4.14. The fraction of sp³-hybridized carbons (Fsp3) is 0.350. The number of rotatable bonds is 7. The van der Waals surface area contributed by atoms with E-state index in [1.165, 1.54) is 17.3 Å². The second-order valence-corrected chi connectivity index (χ2v) is 7.30. The largest absolute Gasteiger partial charge is 0.351 e. The number of aromatic nitrogens is 4. The van der Waals surface area contributed by atoms with Gasteiger partial charge in [0.2, 0.25) is 0 Å². The Hall–Kier alpha value is -2.34. The van der Waals surface area contributed by atoms with Crippen molar-refractivity contribution in [2.45, 2.75) is 38.9 Å². The minimum Gasteiger partial charge on any atom is -0.351 e. The zero-order valence-corrected chi connectivity index (χ0v) is 16.5. The van der Waals surface area contributed by atoms with Crippen molar-refractivity contribution in [3.05, 3.63) is 64.7 Å². The maximum Gasteiger partial charge on any atom is 0.191 e. The molecule has 0 aliphatic heterocycles. The Morgan fingerprint density at radius 2 is 1.88 bits per heavy atom. The van der Waals surface area contributed by atoms with Crippen LogP contribution in [0.2, 0.25) is 0 Å². The molecule has 0 aliphatic carbocycles. The quantitative estimate of drug-likeness (QED) is 0.470. The molecular formula is C20H24N4OS. The predicted molar refractivity (Wildman–Crippen MR) is 105 cm³/mol. The zero-order valence-electron chi connectivity index (χ0n) is 15.7. The highest BCUT2D eigenvalue weighted by atomic mass is 32.2. The standard InChI is InChI=1S/C20H24N4OS/c1-5-24-19(12-16-9-7-6-8-10-16)21-22-20(24)26-13-18(25)17-11-14(2)23(4)15(17)3/h6-11H,5,12-13H2,1-4H3. The molecule has 1 aromatic carbocycles. The first kappa shape index (κ1) is 18.5. The van der Waals surface area contributed by atoms with E-state index in [-0.39, 0.29) is 5.78 Å². The molecule has 2 heterocycles. The molecule has 0 fully saturated rings. The van der Waals surface area contributed by atoms with Gasteiger partial charge in [-0.15, -0.1) is 10.2 Å². The number of aryl methyl sites for hydroxylation is 1. The molecule has 3 aromatic rings. The van der Waals surface area contributed by atoms with Crippen molar-refractivity contribution in [1.29, 1.82) is 0 Å². The van der Waals surface area contributed by atoms with Crippen molar-refractivity contribution < 1.29 is 4.79 Å². The summed E-state index contributed by atoms with van der Waals surface area (Å²) in [7, 11) is 1.98. The lowest BCUT2D eigenvalue weighted by atomic mass is 10.1. The minimum absolute atomic E-state index is 0.131. The summed E-state index contributed by atoms with van der Waals surface area (Å²) in [6.07, 6.45) is 0.743. The third-order valence-electron chi connectivity index (χ3n) is 4.72. The van der Waals surface area contributed by atoms with E-state index in [1.807, 2.05) is 49.7 Å². The van der Waals surface area contributed by atoms with Crippen molar-refractivity contribution >= 4 is 17.5 Å². The number of carbonyl (C=O) groups excluding carboxylic acids is 1. The third kappa shape index (κ3) is 3.75. The molecule has 5 nitrogen and oxygen atoms in total. The molecule has 26 heavy (non-hydrogen) atoms. The van der Waals surface area contributed by atoms with Gasteiger partial charge in [0.05, 0.1) is 5.75 Å². The number of thioether (sulfide) groups is 1. The van der Waals surface area contributed by atoms with Gasteiger partial charge in [-0.3, -0.25) is 4.79 Å². The van der Waals surface area contributed by atoms with Crippen LogP contribution >= 0.6 is 11.8 Å². The predicted octanol–water partition coefficient (Wildman–Crippen LogP) is 3.82. The van der Waals surface area contributed by atoms with Crippen LogP contribution in [-0.2, 0) is 20.0 Å². The van der Waals surface area contributed by atoms with Crippen molar-refractivity contribution in [2.75, 3.05) is 5.75 Å². The second kappa shape index (κ2) is 7.91. The fourth-order valence-corrected chi connectivity index (χ4v) is 3.90. The normalized spacial score (nSPS) is 11.1. The van der Waals surface area contributed by atoms with Crippen molar-refractivity contribution in [3.8, 4) is 0 Å². The monoisotopic (exact) mass is 368 g/mol. The maximum absolute atomic E-state index is 12.6. The van der Waals surface area contributed by atoms with Crippen LogP contribution in [0.25, 0.3) is 0 Å². The Bertz CT molecular complexity index is 912. The van der Waals surface area contributed by atoms with E-state index in [0.717, 1.165) is 40.9 Å². The summed E-state index contributed by atoms with van der Waals surface area (Å²) >= 11 is 1.46. The van der Waals surface area contributed by atoms with Crippen LogP contribution in [0, 0.1) is 13.8 Å². The Morgan fingerprint density at radius 1 is 1.15 bits per heavy atom. The first-order chi connectivity index (χ1) is 12.5. The molecule has 6 heteroatoms. The van der Waals surface area contributed by atoms with E-state index < -0.39 is 0 Å². The molecule has 0 saturated heterocycles. The summed E-state index contributed by atoms with van der Waals surface area (Å²) in [6.45, 7) is 6.86. The summed E-state index contributed by atoms with van der Waals surface area (Å²) in [4.78, 5) is 12.6. The highest BCUT2D eigenvalue weighted by Gasteiger charge is 2.17. The molecule has 0 spiro atoms. The van der Waals surface area contributed by atoms with Gasteiger partial charge in [-0.1, -0.05) is 42.1 Å². The Labute approximate surface area is 158 Å². The van der Waals surface area contributed by atoms with E-state index in [9.17, 15) is 4.79 Å². The van der Waals surface area contributed by atoms with E-state index in [4.69, 9.17) is 0 Å². The number of hydrogen-bond donors (Lipinski definition) is 0. The summed E-state index contributed by atoms with van der Waals surface area (Å²) in [5.41, 5.74) is 4.11. The zero-order chi connectivity index (χ0) is 18.7. The molecular weight excluding hydrogens is 344 g/mol. The first-order valence-corrected chi connectivity index (χ1v) is 9.74. The van der Waals surface area contributed by atoms with Crippen LogP contribution in [0.5, 0.6) is 0 Å². The second-order valence-electron chi connectivity index (χ2n) is 6.36. The van der Waals surface area contributed by atoms with E-state index in [0.29, 0.717) is 5.75 Å². The van der Waals surface area contributed by atoms with Gasteiger partial charge >= 0.3 is 0 Å². The molecule has 136 valence electrons. The number of benzene rings is 1. The highest BCUT2D eigenvalue weighted by molar-refractivity contribution is 7.99. The van der Waals surface area contributed by atoms with Crippen molar-refractivity contribution in [2.24, 2.45) is 7.05 Å². The van der Waals surface area contributed by atoms with Gasteiger partial charge in [-0.05, 0) is 32.4 Å². The molecule has 0 bridgehead atoms. The van der Waals surface area contributed by atoms with Crippen LogP contribution in [0.1, 0.15) is 40.1 Å². The van der Waals surface area contributed by atoms with E-state index in [1.54, 1.807) is 0 Å². The van der Waals surface area contributed by atoms with E-state index in [2.05, 4.69) is 33.8 Å². The van der Waals surface area contributed by atoms with Gasteiger partial charge < -0.3 is 9.13 Å². The number of Topliss-reactive ketones (excluding diaryl/α,β-unsaturated/α-hetero) is 1. The van der Waals surface area contributed by atoms with Crippen molar-refractivity contribution in [3.63, 3.8) is 0 Å². The molecule has 2 aromatic heterocycles. The molecule has 0 unspecified atom stereocenters. The van der Waals surface area contributed by atoms with Crippen LogP contribution in [-0.4, -0.2) is 30.9 Å². The molecule has 0 saturated carbocycles. The van der Waals surface area contributed by atoms with Crippen LogP contribution in [0.4, 0.5) is 0 Å². The topological polar surface area (TPSA) is 52.7 Å². The van der Waals surface area contributed by atoms with Gasteiger partial charge in [0.1, 0.15) is 5.82 Å². The highest BCUT2D eigenvalue weighted by Crippen LogP contribution is 2.22. The fourth-order valence-electron chi connectivity index (χ4n) is 3.00. The molecule has 0 radical (unpaired) electrons. The lowest BCUT2D eigenvalue weighted by molar-refractivity contribution is 0.102. The lowest BCUT2D eigenvalue weighted by Gasteiger charge is -2.07. The number of carbonyl (C=O) groups is 1. The third-order valence-corrected chi connectivity index (χ3v) is 5.69. The summed E-state index contributed by atoms with van der Waals surface area (Å²) in [5, 5.41) is 9.46. The smallest absolute Gasteiger partial charge is 0.191 e. The molecule has 0 N–H and O–H groups in total. The average Bonchev–Trinajstić information content (AvgIpc) is 3.15. The van der Waals surface area contributed by atoms with Gasteiger partial charge in [-0.25, -0.2) is 0 Å². The van der Waals surface area contributed by atoms with Crippen molar-refractivity contribution in [1.82, 2.24) is 19.3 Å². The van der Waals surface area contributed by atoms with Gasteiger partial charge in [0, 0.05) is 37.0 Å². The van der Waals surface area contributed by atoms with Gasteiger partial charge in [-0.2, -0.15) is 0 Å². The maximum atomic E-state index is 12.6. The average molecular weight is 369 g/mol. The summed E-state index contributed by atoms with van der Waals surface area (Å²) in [5.74, 6) is 1.43. The molecule has 0 aliphatic rings. The van der Waals surface area contributed by atoms with Gasteiger partial charge in [0.15, 0.2) is 10.9 Å². The number of hydrogen-bond acceptors (Lipinski definition) is 4. The molecule has 3 rings (SSSR count). The lowest BCUT2D eigenvalue weighted by Crippen LogP contribution is -2.07. The molecule has 0 amide bonds. The Morgan fingerprint density at radius 3 is 2.50 bits per heavy atom. The SMILES string of the molecule is CCn1c(Cc2ccccc2)nnc1SCC(=O)c1cc(C)n(C)c1C. The molecule has 0 atom stereocenters. The minimum atomic E-state index is 0.131. The summed E-state index contributed by atoms with van der Waals surface area (Å²) in [6, 6.07) is 12.2. The Kier molecular flexibility index (Phi) is 5.61. The van der Waals surface area contributed by atoms with Crippen LogP contribution < -0.4 is 0 Å². The van der Waals surface area contributed by atoms with Crippen LogP contribution in [0.3, 0.4) is 0 Å². The first-order valence-electron chi connectivity index (χ1n) is 8.76. The van der Waals surface area contributed by atoms with E-state index >= 15 is 0 Å². The Balaban J connectivity index is 1.72. The van der Waals surface area contributed by atoms with Crippen LogP contribution in [0.15, 0.2) is 41.6 Å². The number of ketones is 1.